The van der Waals surface area contributed by atoms with Gasteiger partial charge in [-0.15, -0.1) is 0 Å². The average molecular weight is 411 g/mol. The summed E-state index contributed by atoms with van der Waals surface area (Å²) >= 11 is 0. The molecule has 0 radical (unpaired) electrons. The van der Waals surface area contributed by atoms with E-state index in [1.165, 1.54) is 22.5 Å². The normalized spacial score (nSPS) is 17.2. The largest absolute Gasteiger partial charge is 0.381 e. The van der Waals surface area contributed by atoms with E-state index in [1.54, 1.807) is 6.33 Å². The number of benzene rings is 2. The highest BCUT2D eigenvalue weighted by molar-refractivity contribution is 5.91. The van der Waals surface area contributed by atoms with E-state index in [4.69, 9.17) is 4.98 Å². The van der Waals surface area contributed by atoms with Crippen molar-refractivity contribution >= 4 is 28.2 Å². The summed E-state index contributed by atoms with van der Waals surface area (Å²) in [6, 6.07) is 19.5. The number of aromatic nitrogens is 3. The van der Waals surface area contributed by atoms with Gasteiger partial charge in [0.2, 0.25) is 0 Å². The van der Waals surface area contributed by atoms with E-state index in [0.717, 1.165) is 55.9 Å². The van der Waals surface area contributed by atoms with Gasteiger partial charge in [0.25, 0.3) is 0 Å². The van der Waals surface area contributed by atoms with E-state index >= 15 is 0 Å². The molecule has 0 amide bonds. The fourth-order valence-corrected chi connectivity index (χ4v) is 5.17. The molecule has 156 valence electrons. The number of rotatable bonds is 4. The second-order valence-corrected chi connectivity index (χ2v) is 8.62. The maximum Gasteiger partial charge on any atom is 0.145 e. The van der Waals surface area contributed by atoms with Crippen molar-refractivity contribution in [3.8, 4) is 0 Å². The monoisotopic (exact) mass is 410 g/mol. The number of piperidine rings is 1. The summed E-state index contributed by atoms with van der Waals surface area (Å²) in [5.74, 6) is 0.993. The Hall–Kier alpha value is -3.38. The number of H-pyrrole nitrogens is 1. The second kappa shape index (κ2) is 7.39. The predicted molar refractivity (Wildman–Crippen MR) is 125 cm³/mol. The fourth-order valence-electron chi connectivity index (χ4n) is 5.17. The molecule has 4 aromatic rings. The standard InChI is InChI=1S/C25H26N6/c1-2-4-18(5-3-1)15-28-19-6-7-22-21(14-19)25(9-12-26-13-10-25)16-31(22)24-20-8-11-27-23(20)29-17-30-24/h1-8,11,14,17,26,28H,9-10,12-13,15-16H2,(H,27,29,30). The quantitative estimate of drug-likeness (QED) is 0.467. The summed E-state index contributed by atoms with van der Waals surface area (Å²) in [5, 5.41) is 8.25. The Labute approximate surface area is 181 Å². The van der Waals surface area contributed by atoms with Crippen LogP contribution in [0, 0.1) is 0 Å². The minimum Gasteiger partial charge on any atom is -0.381 e. The number of anilines is 3. The summed E-state index contributed by atoms with van der Waals surface area (Å²) in [4.78, 5) is 14.7. The highest BCUT2D eigenvalue weighted by Crippen LogP contribution is 2.50. The Morgan fingerprint density at radius 3 is 2.74 bits per heavy atom. The maximum absolute atomic E-state index is 4.70. The molecule has 2 aromatic heterocycles. The first-order valence-electron chi connectivity index (χ1n) is 11.0. The lowest BCUT2D eigenvalue weighted by molar-refractivity contribution is 0.329. The van der Waals surface area contributed by atoms with Crippen LogP contribution in [-0.2, 0) is 12.0 Å². The zero-order chi connectivity index (χ0) is 20.7. The van der Waals surface area contributed by atoms with Gasteiger partial charge >= 0.3 is 0 Å². The summed E-state index contributed by atoms with van der Waals surface area (Å²) in [6.07, 6.45) is 5.88. The molecule has 1 spiro atoms. The Kier molecular flexibility index (Phi) is 4.39. The molecule has 1 saturated heterocycles. The number of nitrogens with zero attached hydrogens (tertiary/aromatic N) is 3. The van der Waals surface area contributed by atoms with Gasteiger partial charge in [0.1, 0.15) is 17.8 Å². The van der Waals surface area contributed by atoms with E-state index in [1.807, 2.05) is 6.20 Å². The van der Waals surface area contributed by atoms with E-state index in [9.17, 15) is 0 Å². The lowest BCUT2D eigenvalue weighted by Crippen LogP contribution is -2.42. The Balaban J connectivity index is 1.39. The molecule has 2 aliphatic heterocycles. The van der Waals surface area contributed by atoms with Gasteiger partial charge in [-0.1, -0.05) is 30.3 Å². The molecule has 4 heterocycles. The van der Waals surface area contributed by atoms with Gasteiger partial charge in [-0.2, -0.15) is 0 Å². The van der Waals surface area contributed by atoms with E-state index in [-0.39, 0.29) is 5.41 Å². The SMILES string of the molecule is c1ccc(CNc2ccc3c(c2)C2(CCNCC2)CN3c2ncnc3[nH]ccc23)cc1. The second-order valence-electron chi connectivity index (χ2n) is 8.62. The van der Waals surface area contributed by atoms with Crippen LogP contribution >= 0.6 is 0 Å². The third-order valence-corrected chi connectivity index (χ3v) is 6.81. The number of aromatic amines is 1. The highest BCUT2D eigenvalue weighted by atomic mass is 15.2. The molecule has 6 nitrogen and oxygen atoms in total. The Morgan fingerprint density at radius 2 is 1.87 bits per heavy atom. The minimum atomic E-state index is 0.151. The minimum absolute atomic E-state index is 0.151. The van der Waals surface area contributed by atoms with Crippen LogP contribution < -0.4 is 15.5 Å². The lowest BCUT2D eigenvalue weighted by atomic mass is 9.74. The van der Waals surface area contributed by atoms with Crippen LogP contribution in [0.4, 0.5) is 17.2 Å². The maximum atomic E-state index is 4.70. The van der Waals surface area contributed by atoms with Gasteiger partial charge in [-0.3, -0.25) is 0 Å². The zero-order valence-corrected chi connectivity index (χ0v) is 17.4. The molecule has 0 saturated carbocycles. The van der Waals surface area contributed by atoms with Crippen molar-refractivity contribution in [2.45, 2.75) is 24.8 Å². The number of fused-ring (bicyclic) bond motifs is 3. The van der Waals surface area contributed by atoms with Crippen molar-refractivity contribution in [1.29, 1.82) is 0 Å². The van der Waals surface area contributed by atoms with Crippen molar-refractivity contribution in [2.75, 3.05) is 29.9 Å². The van der Waals surface area contributed by atoms with Gasteiger partial charge in [-0.25, -0.2) is 9.97 Å². The molecule has 2 aliphatic rings. The third kappa shape index (κ3) is 3.15. The summed E-state index contributed by atoms with van der Waals surface area (Å²) in [5.41, 5.74) is 6.22. The summed E-state index contributed by atoms with van der Waals surface area (Å²) < 4.78 is 0. The fraction of sp³-hybridized carbons (Fsp3) is 0.280. The number of nitrogens with one attached hydrogen (secondary N) is 3. The molecule has 6 rings (SSSR count). The van der Waals surface area contributed by atoms with Gasteiger partial charge in [0.15, 0.2) is 0 Å². The van der Waals surface area contributed by atoms with Gasteiger partial charge in [-0.05, 0) is 61.3 Å². The van der Waals surface area contributed by atoms with Crippen molar-refractivity contribution in [1.82, 2.24) is 20.3 Å². The average Bonchev–Trinajstić information content (AvgIpc) is 3.42. The van der Waals surface area contributed by atoms with Crippen molar-refractivity contribution in [3.63, 3.8) is 0 Å². The molecule has 0 aliphatic carbocycles. The molecule has 31 heavy (non-hydrogen) atoms. The highest BCUT2D eigenvalue weighted by Gasteiger charge is 2.44. The summed E-state index contributed by atoms with van der Waals surface area (Å²) in [6.45, 7) is 3.90. The van der Waals surface area contributed by atoms with Crippen LogP contribution in [0.2, 0.25) is 0 Å². The van der Waals surface area contributed by atoms with Crippen LogP contribution in [0.5, 0.6) is 0 Å². The molecule has 0 bridgehead atoms. The molecule has 6 heteroatoms. The van der Waals surface area contributed by atoms with Gasteiger partial charge < -0.3 is 20.5 Å². The van der Waals surface area contributed by atoms with Gasteiger partial charge in [0, 0.05) is 36.1 Å². The molecular weight excluding hydrogens is 384 g/mol. The van der Waals surface area contributed by atoms with Crippen molar-refractivity contribution in [2.24, 2.45) is 0 Å². The molecular formula is C25H26N6. The molecule has 1 fully saturated rings. The Morgan fingerprint density at radius 1 is 1.00 bits per heavy atom. The third-order valence-electron chi connectivity index (χ3n) is 6.81. The van der Waals surface area contributed by atoms with E-state index in [2.05, 4.69) is 80.1 Å². The topological polar surface area (TPSA) is 68.9 Å². The predicted octanol–water partition coefficient (Wildman–Crippen LogP) is 4.34. The van der Waals surface area contributed by atoms with Crippen LogP contribution in [0.25, 0.3) is 11.0 Å². The number of hydrogen-bond donors (Lipinski definition) is 3. The van der Waals surface area contributed by atoms with Crippen LogP contribution in [0.15, 0.2) is 67.1 Å². The number of hydrogen-bond acceptors (Lipinski definition) is 5. The van der Waals surface area contributed by atoms with E-state index in [0.29, 0.717) is 0 Å². The van der Waals surface area contributed by atoms with Crippen molar-refractivity contribution in [3.05, 3.63) is 78.2 Å². The smallest absolute Gasteiger partial charge is 0.145 e. The molecule has 2 aromatic carbocycles. The summed E-state index contributed by atoms with van der Waals surface area (Å²) in [7, 11) is 0. The lowest BCUT2D eigenvalue weighted by Gasteiger charge is -2.35. The van der Waals surface area contributed by atoms with Crippen LogP contribution in [0.3, 0.4) is 0 Å². The Bertz CT molecular complexity index is 1210. The first-order chi connectivity index (χ1) is 15.3. The molecule has 0 atom stereocenters. The van der Waals surface area contributed by atoms with Crippen LogP contribution in [-0.4, -0.2) is 34.6 Å². The molecule has 3 N–H and O–H groups in total. The van der Waals surface area contributed by atoms with Gasteiger partial charge in [0.05, 0.1) is 5.39 Å². The zero-order valence-electron chi connectivity index (χ0n) is 17.4. The van der Waals surface area contributed by atoms with Crippen LogP contribution in [0.1, 0.15) is 24.0 Å². The molecule has 0 unspecified atom stereocenters. The van der Waals surface area contributed by atoms with Crippen molar-refractivity contribution < 1.29 is 0 Å². The first kappa shape index (κ1) is 18.4. The first-order valence-corrected chi connectivity index (χ1v) is 11.0. The van der Waals surface area contributed by atoms with E-state index < -0.39 is 0 Å².